The van der Waals surface area contributed by atoms with Crippen molar-refractivity contribution in [3.8, 4) is 11.8 Å². The molecule has 0 aromatic carbocycles. The minimum atomic E-state index is -0.509. The molecule has 0 fully saturated rings. The first-order valence-corrected chi connectivity index (χ1v) is 6.24. The summed E-state index contributed by atoms with van der Waals surface area (Å²) in [6, 6.07) is 0. The van der Waals surface area contributed by atoms with Gasteiger partial charge < -0.3 is 19.9 Å². The average Bonchev–Trinajstić information content (AvgIpc) is 2.36. The first-order chi connectivity index (χ1) is 8.66. The Kier molecular flexibility index (Phi) is 16.7. The van der Waals surface area contributed by atoms with Gasteiger partial charge in [0.2, 0.25) is 0 Å². The van der Waals surface area contributed by atoms with Crippen LogP contribution in [0.15, 0.2) is 0 Å². The van der Waals surface area contributed by atoms with E-state index in [0.29, 0.717) is 13.2 Å². The summed E-state index contributed by atoms with van der Waals surface area (Å²) < 4.78 is 9.71. The number of carbonyl (C=O) groups is 1. The number of hydrogen-bond acceptors (Lipinski definition) is 4. The fraction of sp³-hybridized carbons (Fsp3) is 0.769. The lowest BCUT2D eigenvalue weighted by atomic mass is 10.2. The molecule has 5 heteroatoms. The van der Waals surface area contributed by atoms with Crippen LogP contribution >= 0.6 is 0 Å². The second kappa shape index (κ2) is 15.8. The largest absolute Gasteiger partial charge is 0.436 e. The Labute approximate surface area is 111 Å². The number of hydrogen-bond donors (Lipinski definition) is 2. The minimum Gasteiger partial charge on any atom is -0.436 e. The van der Waals surface area contributed by atoms with Crippen LogP contribution in [0.5, 0.6) is 0 Å². The minimum absolute atomic E-state index is 0. The number of rotatable bonds is 6. The van der Waals surface area contributed by atoms with E-state index >= 15 is 0 Å². The molecule has 0 spiro atoms. The molecule has 0 radical (unpaired) electrons. The average molecular weight is 261 g/mol. The molecule has 0 aliphatic heterocycles. The molecule has 0 saturated carbocycles. The summed E-state index contributed by atoms with van der Waals surface area (Å²) >= 11 is 0. The Morgan fingerprint density at radius 1 is 1.39 bits per heavy atom. The lowest BCUT2D eigenvalue weighted by Crippen LogP contribution is -2.28. The molecule has 0 unspecified atom stereocenters. The third kappa shape index (κ3) is 17.2. The van der Waals surface area contributed by atoms with E-state index in [1.54, 1.807) is 0 Å². The highest BCUT2D eigenvalue weighted by Gasteiger charge is 1.98. The summed E-state index contributed by atoms with van der Waals surface area (Å²) in [4.78, 5) is 11.0. The number of amides is 1. The summed E-state index contributed by atoms with van der Waals surface area (Å²) in [5, 5.41) is 10.9. The highest BCUT2D eigenvalue weighted by Crippen LogP contribution is 1.85. The molecule has 0 aromatic heterocycles. The Morgan fingerprint density at radius 2 is 2.06 bits per heavy atom. The van der Waals surface area contributed by atoms with Gasteiger partial charge in [0.15, 0.2) is 6.61 Å². The molecule has 0 aliphatic carbocycles. The third-order valence-corrected chi connectivity index (χ3v) is 1.42. The molecule has 18 heavy (non-hydrogen) atoms. The van der Waals surface area contributed by atoms with E-state index < -0.39 is 6.09 Å². The molecule has 5 nitrogen and oxygen atoms in total. The summed E-state index contributed by atoms with van der Waals surface area (Å²) in [6.45, 7) is 8.99. The van der Waals surface area contributed by atoms with E-state index in [2.05, 4.69) is 17.2 Å². The molecule has 2 N–H and O–H groups in total. The molecule has 0 bridgehead atoms. The van der Waals surface area contributed by atoms with Crippen LogP contribution in [0.25, 0.3) is 0 Å². The third-order valence-electron chi connectivity index (χ3n) is 1.42. The molecule has 0 heterocycles. The number of alkyl carbamates (subject to hydrolysis) is 1. The van der Waals surface area contributed by atoms with Crippen LogP contribution in [0.1, 0.15) is 29.1 Å². The zero-order valence-corrected chi connectivity index (χ0v) is 11.8. The number of nitrogens with one attached hydrogen (secondary N) is 1. The first-order valence-electron chi connectivity index (χ1n) is 6.24. The van der Waals surface area contributed by atoms with E-state index in [4.69, 9.17) is 14.6 Å². The summed E-state index contributed by atoms with van der Waals surface area (Å²) in [6.07, 6.45) is -0.509. The standard InChI is InChI=1S/C11H19NO4.C2H6.H2/c1-10(2)4-3-7-16-11(14)12-5-8-15-9-6-13;1-2;/h10,13H,5-9H2,1-2H3,(H,12,14);1-2H3;1H. The Bertz CT molecular complexity index is 249. The Morgan fingerprint density at radius 3 is 2.61 bits per heavy atom. The summed E-state index contributed by atoms with van der Waals surface area (Å²) in [5.41, 5.74) is 0. The van der Waals surface area contributed by atoms with Crippen molar-refractivity contribution in [3.05, 3.63) is 0 Å². The SMILES string of the molecule is CC.CC(C)C#CCOC(=O)NCCOCCO.[HH]. The van der Waals surface area contributed by atoms with Gasteiger partial charge in [-0.3, -0.25) is 0 Å². The topological polar surface area (TPSA) is 67.8 Å². The monoisotopic (exact) mass is 261 g/mol. The van der Waals surface area contributed by atoms with Gasteiger partial charge in [-0.25, -0.2) is 4.79 Å². The van der Waals surface area contributed by atoms with Crippen LogP contribution in [0, 0.1) is 17.8 Å². The lowest BCUT2D eigenvalue weighted by molar-refractivity contribution is 0.0917. The van der Waals surface area contributed by atoms with Gasteiger partial charge in [-0.2, -0.15) is 0 Å². The van der Waals surface area contributed by atoms with Crippen LogP contribution in [0.2, 0.25) is 0 Å². The quantitative estimate of drug-likeness (QED) is 0.563. The maximum Gasteiger partial charge on any atom is 0.408 e. The highest BCUT2D eigenvalue weighted by molar-refractivity contribution is 5.67. The predicted octanol–water partition coefficient (Wildman–Crippen LogP) is 1.65. The van der Waals surface area contributed by atoms with Gasteiger partial charge in [-0.05, 0) is 0 Å². The smallest absolute Gasteiger partial charge is 0.408 e. The summed E-state index contributed by atoms with van der Waals surface area (Å²) in [5.74, 6) is 5.88. The number of ether oxygens (including phenoxy) is 2. The van der Waals surface area contributed by atoms with E-state index in [1.807, 2.05) is 27.7 Å². The molecular formula is C13H27NO4. The Balaban J connectivity index is -0.000000809. The molecule has 0 atom stereocenters. The van der Waals surface area contributed by atoms with Gasteiger partial charge in [0.05, 0.1) is 19.8 Å². The van der Waals surface area contributed by atoms with Gasteiger partial charge in [0, 0.05) is 13.9 Å². The van der Waals surface area contributed by atoms with Gasteiger partial charge in [0.25, 0.3) is 0 Å². The molecule has 0 aliphatic rings. The second-order valence-electron chi connectivity index (χ2n) is 3.31. The zero-order valence-electron chi connectivity index (χ0n) is 11.8. The van der Waals surface area contributed by atoms with Crippen molar-refractivity contribution in [2.24, 2.45) is 5.92 Å². The fourth-order valence-electron chi connectivity index (χ4n) is 0.790. The second-order valence-corrected chi connectivity index (χ2v) is 3.31. The number of carbonyl (C=O) groups excluding carboxylic acids is 1. The molecule has 1 amide bonds. The predicted molar refractivity (Wildman–Crippen MR) is 73.3 cm³/mol. The maximum absolute atomic E-state index is 11.0. The highest BCUT2D eigenvalue weighted by atomic mass is 16.5. The molecule has 0 rings (SSSR count). The number of aliphatic hydroxyl groups excluding tert-OH is 1. The fourth-order valence-corrected chi connectivity index (χ4v) is 0.790. The first kappa shape index (κ1) is 19.1. The van der Waals surface area contributed by atoms with Crippen LogP contribution in [0.4, 0.5) is 4.79 Å². The van der Waals surface area contributed by atoms with Gasteiger partial charge in [-0.1, -0.05) is 39.5 Å². The maximum atomic E-state index is 11.0. The van der Waals surface area contributed by atoms with Gasteiger partial charge >= 0.3 is 6.09 Å². The number of aliphatic hydroxyl groups is 1. The summed E-state index contributed by atoms with van der Waals surface area (Å²) in [7, 11) is 0. The molecule has 0 saturated heterocycles. The molecular weight excluding hydrogens is 234 g/mol. The van der Waals surface area contributed by atoms with Crippen LogP contribution < -0.4 is 5.32 Å². The van der Waals surface area contributed by atoms with Crippen molar-refractivity contribution >= 4 is 6.09 Å². The van der Waals surface area contributed by atoms with Crippen molar-refractivity contribution < 1.29 is 20.8 Å². The van der Waals surface area contributed by atoms with Crippen molar-refractivity contribution in [2.75, 3.05) is 33.0 Å². The lowest BCUT2D eigenvalue weighted by Gasteiger charge is -2.04. The van der Waals surface area contributed by atoms with E-state index in [9.17, 15) is 4.79 Å². The van der Waals surface area contributed by atoms with Crippen molar-refractivity contribution in [3.63, 3.8) is 0 Å². The Hall–Kier alpha value is -1.25. The van der Waals surface area contributed by atoms with E-state index in [1.165, 1.54) is 0 Å². The van der Waals surface area contributed by atoms with Crippen LogP contribution in [0.3, 0.4) is 0 Å². The van der Waals surface area contributed by atoms with E-state index in [0.717, 1.165) is 0 Å². The zero-order chi connectivity index (χ0) is 14.2. The molecule has 108 valence electrons. The van der Waals surface area contributed by atoms with Crippen LogP contribution in [-0.4, -0.2) is 44.2 Å². The molecule has 0 aromatic rings. The van der Waals surface area contributed by atoms with Gasteiger partial charge in [-0.15, -0.1) is 0 Å². The van der Waals surface area contributed by atoms with Crippen molar-refractivity contribution in [2.45, 2.75) is 27.7 Å². The van der Waals surface area contributed by atoms with Crippen molar-refractivity contribution in [1.29, 1.82) is 0 Å². The van der Waals surface area contributed by atoms with Crippen molar-refractivity contribution in [1.82, 2.24) is 5.32 Å². The van der Waals surface area contributed by atoms with Gasteiger partial charge in [0.1, 0.15) is 0 Å². The van der Waals surface area contributed by atoms with E-state index in [-0.39, 0.29) is 27.2 Å². The van der Waals surface area contributed by atoms with Crippen LogP contribution in [-0.2, 0) is 9.47 Å². The normalized spacial score (nSPS) is 8.78.